The topological polar surface area (TPSA) is 0 Å². The van der Waals surface area contributed by atoms with Crippen LogP contribution in [0.2, 0.25) is 0 Å². The molecule has 140 valence electrons. The SMILES string of the molecule is CC1CCC=C/C1=C(I)/C=C\CC1=CC=C2c3ccccc3C(C)(C)C2C1. The van der Waals surface area contributed by atoms with Crippen molar-refractivity contribution in [2.75, 3.05) is 0 Å². The van der Waals surface area contributed by atoms with Crippen LogP contribution in [0.25, 0.3) is 5.57 Å². The first-order chi connectivity index (χ1) is 13.0. The summed E-state index contributed by atoms with van der Waals surface area (Å²) >= 11 is 2.51. The van der Waals surface area contributed by atoms with Crippen molar-refractivity contribution in [1.82, 2.24) is 0 Å². The van der Waals surface area contributed by atoms with Crippen molar-refractivity contribution in [2.45, 2.75) is 51.9 Å². The van der Waals surface area contributed by atoms with Gasteiger partial charge in [-0.1, -0.05) is 87.1 Å². The Kier molecular flexibility index (Phi) is 5.33. The van der Waals surface area contributed by atoms with E-state index >= 15 is 0 Å². The van der Waals surface area contributed by atoms with Crippen LogP contribution in [0.15, 0.2) is 75.4 Å². The fourth-order valence-corrected chi connectivity index (χ4v) is 5.89. The zero-order valence-corrected chi connectivity index (χ0v) is 18.8. The molecule has 0 saturated carbocycles. The van der Waals surface area contributed by atoms with Crippen molar-refractivity contribution >= 4 is 28.2 Å². The summed E-state index contributed by atoms with van der Waals surface area (Å²) in [5, 5.41) is 0. The maximum absolute atomic E-state index is 2.51. The average molecular weight is 468 g/mol. The van der Waals surface area contributed by atoms with Gasteiger partial charge in [0, 0.05) is 3.58 Å². The summed E-state index contributed by atoms with van der Waals surface area (Å²) in [6, 6.07) is 8.98. The summed E-state index contributed by atoms with van der Waals surface area (Å²) in [7, 11) is 0. The Morgan fingerprint density at radius 1 is 1.22 bits per heavy atom. The minimum atomic E-state index is 0.227. The highest BCUT2D eigenvalue weighted by atomic mass is 127. The number of allylic oxidation sites excluding steroid dienone is 10. The van der Waals surface area contributed by atoms with Crippen LogP contribution in [-0.2, 0) is 5.41 Å². The smallest absolute Gasteiger partial charge is 0.0161 e. The number of halogens is 1. The Labute approximate surface area is 178 Å². The highest BCUT2D eigenvalue weighted by molar-refractivity contribution is 14.1. The Bertz CT molecular complexity index is 889. The van der Waals surface area contributed by atoms with E-state index < -0.39 is 0 Å². The second-order valence-electron chi connectivity index (χ2n) is 8.76. The zero-order chi connectivity index (χ0) is 19.0. The summed E-state index contributed by atoms with van der Waals surface area (Å²) in [6.07, 6.45) is 18.8. The molecule has 1 heteroatoms. The fraction of sp³-hybridized carbons (Fsp3) is 0.385. The normalized spacial score (nSPS) is 27.9. The van der Waals surface area contributed by atoms with Gasteiger partial charge in [-0.3, -0.25) is 0 Å². The Balaban J connectivity index is 1.51. The van der Waals surface area contributed by atoms with E-state index in [1.54, 1.807) is 11.1 Å². The molecule has 0 heterocycles. The van der Waals surface area contributed by atoms with E-state index in [4.69, 9.17) is 0 Å². The molecule has 0 aliphatic heterocycles. The molecule has 0 saturated heterocycles. The second-order valence-corrected chi connectivity index (χ2v) is 9.92. The predicted molar refractivity (Wildman–Crippen MR) is 126 cm³/mol. The number of fused-ring (bicyclic) bond motifs is 3. The van der Waals surface area contributed by atoms with E-state index in [1.807, 2.05) is 0 Å². The molecule has 0 N–H and O–H groups in total. The number of hydrogen-bond acceptors (Lipinski definition) is 0. The molecule has 0 aromatic heterocycles. The number of hydrogen-bond donors (Lipinski definition) is 0. The molecule has 0 fully saturated rings. The maximum Gasteiger partial charge on any atom is 0.0161 e. The molecule has 0 bridgehead atoms. The third kappa shape index (κ3) is 3.55. The molecule has 3 aliphatic rings. The Morgan fingerprint density at radius 2 is 2.04 bits per heavy atom. The van der Waals surface area contributed by atoms with Crippen molar-refractivity contribution in [2.24, 2.45) is 11.8 Å². The van der Waals surface area contributed by atoms with Crippen LogP contribution in [-0.4, -0.2) is 0 Å². The van der Waals surface area contributed by atoms with Gasteiger partial charge >= 0.3 is 0 Å². The lowest BCUT2D eigenvalue weighted by molar-refractivity contribution is 0.406. The van der Waals surface area contributed by atoms with Gasteiger partial charge in [0.2, 0.25) is 0 Å². The van der Waals surface area contributed by atoms with Gasteiger partial charge in [-0.05, 0) is 87.8 Å². The predicted octanol–water partition coefficient (Wildman–Crippen LogP) is 7.93. The molecular weight excluding hydrogens is 439 g/mol. The van der Waals surface area contributed by atoms with Crippen LogP contribution >= 0.6 is 22.6 Å². The summed E-state index contributed by atoms with van der Waals surface area (Å²) in [4.78, 5) is 0. The second kappa shape index (κ2) is 7.58. The molecule has 0 amide bonds. The first kappa shape index (κ1) is 19.0. The quantitative estimate of drug-likeness (QED) is 0.395. The van der Waals surface area contributed by atoms with Gasteiger partial charge in [-0.25, -0.2) is 0 Å². The standard InChI is InChI=1S/C26H29I/c1-18-9-4-5-11-20(18)25(27)14-8-10-19-15-16-22-21-12-6-7-13-23(21)26(2,3)24(22)17-19/h5-8,11-16,18,24H,4,9-10,17H2,1-3H3/b14-8-,25-20+. The molecule has 1 aromatic carbocycles. The van der Waals surface area contributed by atoms with Crippen LogP contribution < -0.4 is 0 Å². The van der Waals surface area contributed by atoms with Gasteiger partial charge in [-0.15, -0.1) is 0 Å². The largest absolute Gasteiger partial charge is 0.0842 e. The van der Waals surface area contributed by atoms with Crippen molar-refractivity contribution in [1.29, 1.82) is 0 Å². The van der Waals surface area contributed by atoms with E-state index in [1.165, 1.54) is 39.5 Å². The average Bonchev–Trinajstić information content (AvgIpc) is 2.90. The minimum Gasteiger partial charge on any atom is -0.0842 e. The van der Waals surface area contributed by atoms with Gasteiger partial charge in [0.25, 0.3) is 0 Å². The molecule has 27 heavy (non-hydrogen) atoms. The third-order valence-corrected chi connectivity index (χ3v) is 7.64. The van der Waals surface area contributed by atoms with Gasteiger partial charge in [0.1, 0.15) is 0 Å². The molecule has 1 aromatic rings. The van der Waals surface area contributed by atoms with Gasteiger partial charge in [0.15, 0.2) is 0 Å². The van der Waals surface area contributed by atoms with Gasteiger partial charge < -0.3 is 0 Å². The monoisotopic (exact) mass is 468 g/mol. The van der Waals surface area contributed by atoms with Crippen LogP contribution in [0.3, 0.4) is 0 Å². The summed E-state index contributed by atoms with van der Waals surface area (Å²) in [5.41, 5.74) is 7.82. The molecule has 2 atom stereocenters. The lowest BCUT2D eigenvalue weighted by atomic mass is 9.72. The minimum absolute atomic E-state index is 0.227. The molecule has 0 radical (unpaired) electrons. The lowest BCUT2D eigenvalue weighted by Crippen LogP contribution is -2.25. The molecule has 3 aliphatic carbocycles. The van der Waals surface area contributed by atoms with E-state index in [2.05, 4.69) is 104 Å². The summed E-state index contributed by atoms with van der Waals surface area (Å²) in [5.74, 6) is 1.30. The van der Waals surface area contributed by atoms with Gasteiger partial charge in [0.05, 0.1) is 0 Å². The Hall–Kier alpha value is -1.35. The summed E-state index contributed by atoms with van der Waals surface area (Å²) in [6.45, 7) is 7.18. The first-order valence-electron chi connectivity index (χ1n) is 10.2. The molecule has 2 unspecified atom stereocenters. The zero-order valence-electron chi connectivity index (χ0n) is 16.6. The van der Waals surface area contributed by atoms with Crippen molar-refractivity contribution < 1.29 is 0 Å². The fourth-order valence-electron chi connectivity index (χ4n) is 4.92. The molecule has 0 spiro atoms. The van der Waals surface area contributed by atoms with Crippen LogP contribution in [0.1, 0.15) is 57.6 Å². The van der Waals surface area contributed by atoms with Crippen molar-refractivity contribution in [3.8, 4) is 0 Å². The van der Waals surface area contributed by atoms with Crippen LogP contribution in [0.5, 0.6) is 0 Å². The van der Waals surface area contributed by atoms with E-state index in [0.29, 0.717) is 11.8 Å². The highest BCUT2D eigenvalue weighted by Gasteiger charge is 2.43. The van der Waals surface area contributed by atoms with Gasteiger partial charge in [-0.2, -0.15) is 0 Å². The van der Waals surface area contributed by atoms with Crippen molar-refractivity contribution in [3.05, 3.63) is 86.6 Å². The lowest BCUT2D eigenvalue weighted by Gasteiger charge is -2.31. The molecular formula is C26H29I. The van der Waals surface area contributed by atoms with E-state index in [-0.39, 0.29) is 5.41 Å². The maximum atomic E-state index is 2.51. The molecule has 0 nitrogen and oxygen atoms in total. The van der Waals surface area contributed by atoms with Crippen LogP contribution in [0.4, 0.5) is 0 Å². The molecule has 4 rings (SSSR count). The number of benzene rings is 1. The van der Waals surface area contributed by atoms with E-state index in [0.717, 1.165) is 6.42 Å². The van der Waals surface area contributed by atoms with E-state index in [9.17, 15) is 0 Å². The Morgan fingerprint density at radius 3 is 2.85 bits per heavy atom. The van der Waals surface area contributed by atoms with Crippen LogP contribution in [0, 0.1) is 11.8 Å². The summed E-state index contributed by atoms with van der Waals surface area (Å²) < 4.78 is 1.40. The third-order valence-electron chi connectivity index (χ3n) is 6.66. The first-order valence-corrected chi connectivity index (χ1v) is 11.3. The highest BCUT2D eigenvalue weighted by Crippen LogP contribution is 2.53. The van der Waals surface area contributed by atoms with Crippen molar-refractivity contribution in [3.63, 3.8) is 0 Å². The number of rotatable bonds is 3.